The Hall–Kier alpha value is -1.47. The second kappa shape index (κ2) is 5.27. The number of epoxide rings is 1. The summed E-state index contributed by atoms with van der Waals surface area (Å²) in [4.78, 5) is 12.4. The Labute approximate surface area is 134 Å². The molecule has 3 heterocycles. The van der Waals surface area contributed by atoms with Gasteiger partial charge in [0.2, 0.25) is 0 Å². The maximum absolute atomic E-state index is 12.6. The van der Waals surface area contributed by atoms with Crippen LogP contribution in [0.25, 0.3) is 0 Å². The number of aliphatic hydroxyl groups is 1. The molecular weight excluding hydrogens is 298 g/mol. The minimum absolute atomic E-state index is 0.0361. The van der Waals surface area contributed by atoms with E-state index in [1.54, 1.807) is 19.2 Å². The Morgan fingerprint density at radius 1 is 1.35 bits per heavy atom. The average Bonchev–Trinajstić information content (AvgIpc) is 3.27. The van der Waals surface area contributed by atoms with Crippen LogP contribution in [0.5, 0.6) is 0 Å². The summed E-state index contributed by atoms with van der Waals surface area (Å²) in [6.07, 6.45) is 0.891. The van der Waals surface area contributed by atoms with E-state index in [9.17, 15) is 15.1 Å². The zero-order valence-corrected chi connectivity index (χ0v) is 13.0. The highest BCUT2D eigenvalue weighted by atomic mass is 16.6. The van der Waals surface area contributed by atoms with Crippen LogP contribution < -0.4 is 0 Å². The van der Waals surface area contributed by atoms with Crippen molar-refractivity contribution >= 4 is 5.97 Å². The van der Waals surface area contributed by atoms with E-state index < -0.39 is 11.9 Å². The topological polar surface area (TPSA) is 82.1 Å². The summed E-state index contributed by atoms with van der Waals surface area (Å²) in [6.45, 7) is -0.286. The molecule has 6 nitrogen and oxygen atoms in total. The van der Waals surface area contributed by atoms with E-state index in [0.29, 0.717) is 12.8 Å². The number of nitrogens with zero attached hydrogens (tertiary/aromatic N) is 1. The van der Waals surface area contributed by atoms with E-state index in [2.05, 4.69) is 0 Å². The highest BCUT2D eigenvalue weighted by Crippen LogP contribution is 2.52. The first-order valence-electron chi connectivity index (χ1n) is 8.11. The lowest BCUT2D eigenvalue weighted by molar-refractivity contribution is -0.911. The molecular formula is C17H21NO5. The largest absolute Gasteiger partial charge is 0.632 e. The van der Waals surface area contributed by atoms with Crippen LogP contribution in [0.1, 0.15) is 24.3 Å². The molecule has 3 saturated heterocycles. The van der Waals surface area contributed by atoms with Gasteiger partial charge in [0.25, 0.3) is 0 Å². The number of likely N-dealkylation sites (N-methyl/N-ethyl adjacent to an activating group) is 1. The van der Waals surface area contributed by atoms with E-state index in [4.69, 9.17) is 9.47 Å². The van der Waals surface area contributed by atoms with Crippen molar-refractivity contribution in [3.8, 4) is 0 Å². The van der Waals surface area contributed by atoms with Crippen LogP contribution in [0, 0.1) is 5.21 Å². The first-order chi connectivity index (χ1) is 11.0. The molecule has 2 unspecified atom stereocenters. The van der Waals surface area contributed by atoms with Gasteiger partial charge in [-0.05, 0) is 5.56 Å². The van der Waals surface area contributed by atoms with Gasteiger partial charge in [0.1, 0.15) is 36.3 Å². The average molecular weight is 319 g/mol. The Kier molecular flexibility index (Phi) is 3.46. The molecule has 23 heavy (non-hydrogen) atoms. The van der Waals surface area contributed by atoms with E-state index in [-0.39, 0.29) is 41.6 Å². The summed E-state index contributed by atoms with van der Waals surface area (Å²) < 4.78 is 10.9. The third kappa shape index (κ3) is 2.37. The SMILES string of the molecule is C[N+]1([O-])[C@@H]2CC(OC(=O)[C@@H](CO)c3ccccc3)C[C@H]1[C@@H]1O[C@H]12. The number of fused-ring (bicyclic) bond motifs is 5. The summed E-state index contributed by atoms with van der Waals surface area (Å²) in [6, 6.07) is 8.86. The molecule has 124 valence electrons. The third-order valence-electron chi connectivity index (χ3n) is 5.60. The fourth-order valence-electron chi connectivity index (χ4n) is 4.25. The van der Waals surface area contributed by atoms with Crippen LogP contribution in [0.4, 0.5) is 0 Å². The highest BCUT2D eigenvalue weighted by Gasteiger charge is 2.69. The number of piperidine rings is 1. The lowest BCUT2D eigenvalue weighted by Crippen LogP contribution is -2.58. The lowest BCUT2D eigenvalue weighted by Gasteiger charge is -2.51. The van der Waals surface area contributed by atoms with E-state index in [0.717, 1.165) is 5.56 Å². The predicted molar refractivity (Wildman–Crippen MR) is 81.2 cm³/mol. The van der Waals surface area contributed by atoms with Gasteiger partial charge in [-0.15, -0.1) is 0 Å². The molecule has 3 fully saturated rings. The second-order valence-corrected chi connectivity index (χ2v) is 6.94. The van der Waals surface area contributed by atoms with Crippen LogP contribution in [0.3, 0.4) is 0 Å². The Morgan fingerprint density at radius 2 is 1.96 bits per heavy atom. The molecule has 0 saturated carbocycles. The molecule has 1 N–H and O–H groups in total. The summed E-state index contributed by atoms with van der Waals surface area (Å²) in [5.74, 6) is -1.09. The normalized spacial score (nSPS) is 42.0. The maximum Gasteiger partial charge on any atom is 0.316 e. The zero-order valence-electron chi connectivity index (χ0n) is 13.0. The second-order valence-electron chi connectivity index (χ2n) is 6.94. The minimum Gasteiger partial charge on any atom is -0.632 e. The van der Waals surface area contributed by atoms with Gasteiger partial charge in [0.15, 0.2) is 0 Å². The Morgan fingerprint density at radius 3 is 2.52 bits per heavy atom. The van der Waals surface area contributed by atoms with Crippen molar-refractivity contribution in [3.05, 3.63) is 41.1 Å². The number of ether oxygens (including phenoxy) is 2. The van der Waals surface area contributed by atoms with Crippen molar-refractivity contribution in [2.75, 3.05) is 13.7 Å². The zero-order chi connectivity index (χ0) is 16.2. The van der Waals surface area contributed by atoms with Crippen molar-refractivity contribution in [1.29, 1.82) is 0 Å². The molecule has 1 aromatic rings. The molecule has 0 spiro atoms. The number of quaternary nitrogens is 1. The van der Waals surface area contributed by atoms with Gasteiger partial charge < -0.3 is 24.4 Å². The van der Waals surface area contributed by atoms with Crippen molar-refractivity contribution in [3.63, 3.8) is 0 Å². The quantitative estimate of drug-likeness (QED) is 0.386. The summed E-state index contributed by atoms with van der Waals surface area (Å²) in [7, 11) is 1.70. The number of morpholine rings is 1. The van der Waals surface area contributed by atoms with Crippen molar-refractivity contribution < 1.29 is 24.0 Å². The molecule has 4 rings (SSSR count). The van der Waals surface area contributed by atoms with Crippen LogP contribution >= 0.6 is 0 Å². The van der Waals surface area contributed by atoms with Gasteiger partial charge in [-0.2, -0.15) is 0 Å². The van der Waals surface area contributed by atoms with Crippen molar-refractivity contribution in [2.24, 2.45) is 0 Å². The minimum atomic E-state index is -0.672. The smallest absolute Gasteiger partial charge is 0.316 e. The first kappa shape index (κ1) is 15.1. The molecule has 0 amide bonds. The van der Waals surface area contributed by atoms with E-state index in [1.807, 2.05) is 18.2 Å². The monoisotopic (exact) mass is 319 g/mol. The first-order valence-corrected chi connectivity index (χ1v) is 8.11. The fourth-order valence-corrected chi connectivity index (χ4v) is 4.25. The summed E-state index contributed by atoms with van der Waals surface area (Å²) in [5, 5.41) is 22.2. The van der Waals surface area contributed by atoms with Crippen LogP contribution in [-0.2, 0) is 14.3 Å². The lowest BCUT2D eigenvalue weighted by atomic mass is 9.97. The Balaban J connectivity index is 1.44. The van der Waals surface area contributed by atoms with Crippen LogP contribution in [0.15, 0.2) is 30.3 Å². The van der Waals surface area contributed by atoms with Crippen molar-refractivity contribution in [1.82, 2.24) is 0 Å². The number of benzene rings is 1. The Bertz CT molecular complexity index is 584. The molecule has 0 aliphatic carbocycles. The molecule has 0 aromatic heterocycles. The summed E-state index contributed by atoms with van der Waals surface area (Å²) >= 11 is 0. The molecule has 7 atom stereocenters. The van der Waals surface area contributed by atoms with Crippen LogP contribution in [0.2, 0.25) is 0 Å². The predicted octanol–water partition coefficient (Wildman–Crippen LogP) is 0.931. The number of rotatable bonds is 4. The van der Waals surface area contributed by atoms with Gasteiger partial charge >= 0.3 is 5.97 Å². The number of hydrogen-bond donors (Lipinski definition) is 1. The highest BCUT2D eigenvalue weighted by molar-refractivity contribution is 5.78. The van der Waals surface area contributed by atoms with Gasteiger partial charge in [-0.1, -0.05) is 30.3 Å². The number of carbonyl (C=O) groups excluding carboxylic acids is 1. The molecule has 1 aromatic carbocycles. The van der Waals surface area contributed by atoms with Gasteiger partial charge in [0.05, 0.1) is 13.7 Å². The van der Waals surface area contributed by atoms with Gasteiger partial charge in [0, 0.05) is 12.8 Å². The van der Waals surface area contributed by atoms with E-state index in [1.165, 1.54) is 0 Å². The number of aliphatic hydroxyl groups excluding tert-OH is 1. The number of hydrogen-bond acceptors (Lipinski definition) is 5. The number of esters is 1. The number of carbonyl (C=O) groups is 1. The summed E-state index contributed by atoms with van der Waals surface area (Å²) in [5.41, 5.74) is 0.745. The van der Waals surface area contributed by atoms with Gasteiger partial charge in [-0.25, -0.2) is 0 Å². The number of hydroxylamine groups is 3. The molecule has 6 heteroatoms. The van der Waals surface area contributed by atoms with Crippen molar-refractivity contribution in [2.45, 2.75) is 49.2 Å². The molecule has 0 radical (unpaired) electrons. The third-order valence-corrected chi connectivity index (χ3v) is 5.60. The molecule has 2 bridgehead atoms. The van der Waals surface area contributed by atoms with Crippen LogP contribution in [-0.4, -0.2) is 59.8 Å². The fraction of sp³-hybridized carbons (Fsp3) is 0.588. The standard InChI is InChI=1S/C17H21NO5/c1-18(21)13-7-11(8-14(18)16-15(13)23-16)22-17(20)12(9-19)10-5-3-2-4-6-10/h2-6,11-16,19H,7-9H2,1H3/t11?,12-,13-,14+,15-,16-,18?/m0/s1. The molecule has 3 aliphatic rings. The maximum atomic E-state index is 12.6. The van der Waals surface area contributed by atoms with E-state index >= 15 is 0 Å². The molecule has 3 aliphatic heterocycles. The van der Waals surface area contributed by atoms with Gasteiger partial charge in [-0.3, -0.25) is 4.79 Å².